The molecular weight excluding hydrogens is 238 g/mol. The van der Waals surface area contributed by atoms with Gasteiger partial charge in [0.05, 0.1) is 0 Å². The molecule has 0 N–H and O–H groups in total. The molecule has 0 aliphatic heterocycles. The molecule has 58 valence electrons. The van der Waals surface area contributed by atoms with E-state index in [-0.39, 0.29) is 62.9 Å². The molecule has 1 aromatic carbocycles. The van der Waals surface area contributed by atoms with E-state index in [9.17, 15) is 0 Å². The fourth-order valence-electron chi connectivity index (χ4n) is 1.26. The molecule has 1 fully saturated rings. The predicted molar refractivity (Wildman–Crippen MR) is 49.5 cm³/mol. The number of aryl methyl sites for hydroxylation is 1. The molecule has 12 heavy (non-hydrogen) atoms. The molecule has 0 amide bonds. The minimum absolute atomic E-state index is 0. The summed E-state index contributed by atoms with van der Waals surface area (Å²) in [6, 6.07) is 8.61. The molecule has 0 heterocycles. The van der Waals surface area contributed by atoms with Crippen molar-refractivity contribution in [1.29, 1.82) is 0 Å². The van der Waals surface area contributed by atoms with Crippen molar-refractivity contribution < 1.29 is 58.2 Å². The number of hydrogen-bond donors (Lipinski definition) is 0. The average Bonchev–Trinajstić information content (AvgIpc) is 2.70. The van der Waals surface area contributed by atoms with Crippen molar-refractivity contribution in [3.63, 3.8) is 0 Å². The number of benzene rings is 1. The van der Waals surface area contributed by atoms with Gasteiger partial charge in [-0.15, -0.1) is 4.75 Å². The van der Waals surface area contributed by atoms with Crippen LogP contribution in [0.25, 0.3) is 0 Å². The minimum Gasteiger partial charge on any atom is -0.781 e. The van der Waals surface area contributed by atoms with Gasteiger partial charge in [0, 0.05) is 0 Å². The SMILES string of the molecule is Cc1ccc(C2([S-])CC2)cc1.[Rb+]. The van der Waals surface area contributed by atoms with Gasteiger partial charge in [-0.25, -0.2) is 0 Å². The van der Waals surface area contributed by atoms with Crippen LogP contribution >= 0.6 is 0 Å². The van der Waals surface area contributed by atoms with Crippen LogP contribution in [0.5, 0.6) is 0 Å². The van der Waals surface area contributed by atoms with Gasteiger partial charge in [-0.2, -0.15) is 0 Å². The molecule has 2 heteroatoms. The van der Waals surface area contributed by atoms with Crippen molar-refractivity contribution >= 4 is 12.6 Å². The maximum Gasteiger partial charge on any atom is 1.00 e. The van der Waals surface area contributed by atoms with E-state index in [1.165, 1.54) is 24.0 Å². The van der Waals surface area contributed by atoms with Crippen LogP contribution in [0.15, 0.2) is 24.3 Å². The van der Waals surface area contributed by atoms with Crippen molar-refractivity contribution in [2.75, 3.05) is 0 Å². The molecule has 0 unspecified atom stereocenters. The summed E-state index contributed by atoms with van der Waals surface area (Å²) in [6.45, 7) is 2.10. The smallest absolute Gasteiger partial charge is 0.781 e. The molecule has 1 aromatic rings. The van der Waals surface area contributed by atoms with Crippen molar-refractivity contribution in [2.45, 2.75) is 24.5 Å². The van der Waals surface area contributed by atoms with Crippen LogP contribution in [0.3, 0.4) is 0 Å². The molecule has 0 atom stereocenters. The Hall–Kier alpha value is 1.38. The summed E-state index contributed by atoms with van der Waals surface area (Å²) in [5, 5.41) is 0. The number of rotatable bonds is 1. The molecule has 1 saturated carbocycles. The molecule has 1 aliphatic carbocycles. The molecule has 2 rings (SSSR count). The van der Waals surface area contributed by atoms with Crippen molar-refractivity contribution in [3.8, 4) is 0 Å². The van der Waals surface area contributed by atoms with E-state index >= 15 is 0 Å². The largest absolute Gasteiger partial charge is 1.00 e. The van der Waals surface area contributed by atoms with Crippen LogP contribution in [0.4, 0.5) is 0 Å². The molecule has 1 aliphatic rings. The molecule has 0 nitrogen and oxygen atoms in total. The maximum atomic E-state index is 5.41. The van der Waals surface area contributed by atoms with Crippen LogP contribution in [0.1, 0.15) is 24.0 Å². The summed E-state index contributed by atoms with van der Waals surface area (Å²) in [4.78, 5) is 0. The van der Waals surface area contributed by atoms with Crippen LogP contribution in [-0.4, -0.2) is 0 Å². The van der Waals surface area contributed by atoms with Crippen LogP contribution < -0.4 is 58.2 Å². The fourth-order valence-corrected chi connectivity index (χ4v) is 1.50. The summed E-state index contributed by atoms with van der Waals surface area (Å²) in [7, 11) is 0. The van der Waals surface area contributed by atoms with Gasteiger partial charge in [0.2, 0.25) is 0 Å². The zero-order valence-electron chi connectivity index (χ0n) is 7.63. The normalized spacial score (nSPS) is 18.2. The Labute approximate surface area is 128 Å². The van der Waals surface area contributed by atoms with Crippen molar-refractivity contribution in [3.05, 3.63) is 35.4 Å². The molecule has 0 aromatic heterocycles. The van der Waals surface area contributed by atoms with Crippen molar-refractivity contribution in [2.24, 2.45) is 0 Å². The van der Waals surface area contributed by atoms with E-state index in [1.807, 2.05) is 0 Å². The Balaban J connectivity index is 0.000000720. The van der Waals surface area contributed by atoms with Gasteiger partial charge < -0.3 is 12.6 Å². The van der Waals surface area contributed by atoms with Gasteiger partial charge in [0.1, 0.15) is 0 Å². The van der Waals surface area contributed by atoms with Gasteiger partial charge in [-0.3, -0.25) is 0 Å². The summed E-state index contributed by atoms with van der Waals surface area (Å²) < 4.78 is 0.119. The van der Waals surface area contributed by atoms with E-state index in [2.05, 4.69) is 31.2 Å². The summed E-state index contributed by atoms with van der Waals surface area (Å²) in [5.74, 6) is 0. The first kappa shape index (κ1) is 11.4. The van der Waals surface area contributed by atoms with E-state index in [0.29, 0.717) is 0 Å². The Morgan fingerprint density at radius 3 is 2.08 bits per heavy atom. The zero-order chi connectivity index (χ0) is 7.90. The molecule has 0 bridgehead atoms. The van der Waals surface area contributed by atoms with Crippen molar-refractivity contribution in [1.82, 2.24) is 0 Å². The Kier molecular flexibility index (Phi) is 4.07. The van der Waals surface area contributed by atoms with Gasteiger partial charge >= 0.3 is 58.2 Å². The standard InChI is InChI=1S/C10H12S.Rb/c1-8-2-4-9(5-3-8)10(11)6-7-10;/h2-5,11H,6-7H2,1H3;/q;+1/p-1. The first-order valence-electron chi connectivity index (χ1n) is 3.98. The quantitative estimate of drug-likeness (QED) is 0.606. The maximum absolute atomic E-state index is 5.41. The van der Waals surface area contributed by atoms with Crippen LogP contribution in [-0.2, 0) is 17.4 Å². The summed E-state index contributed by atoms with van der Waals surface area (Å²) >= 11 is 5.41. The van der Waals surface area contributed by atoms with E-state index in [4.69, 9.17) is 12.6 Å². The van der Waals surface area contributed by atoms with Crippen LogP contribution in [0, 0.1) is 6.92 Å². The second kappa shape index (κ2) is 4.27. The Morgan fingerprint density at radius 2 is 1.67 bits per heavy atom. The monoisotopic (exact) mass is 248 g/mol. The van der Waals surface area contributed by atoms with E-state index in [0.717, 1.165) is 0 Å². The summed E-state index contributed by atoms with van der Waals surface area (Å²) in [6.07, 6.45) is 2.37. The fraction of sp³-hybridized carbons (Fsp3) is 0.400. The molecular formula is C10H11RbS. The minimum atomic E-state index is 0. The first-order valence-corrected chi connectivity index (χ1v) is 4.39. The predicted octanol–water partition coefficient (Wildman–Crippen LogP) is -0.465. The topological polar surface area (TPSA) is 0 Å². The third-order valence-electron chi connectivity index (χ3n) is 2.28. The Morgan fingerprint density at radius 1 is 1.17 bits per heavy atom. The molecule has 0 saturated heterocycles. The third-order valence-corrected chi connectivity index (χ3v) is 2.93. The van der Waals surface area contributed by atoms with Crippen LogP contribution in [0.2, 0.25) is 0 Å². The number of hydrogen-bond acceptors (Lipinski definition) is 1. The van der Waals surface area contributed by atoms with Gasteiger partial charge in [-0.1, -0.05) is 48.2 Å². The summed E-state index contributed by atoms with van der Waals surface area (Å²) in [5.41, 5.74) is 2.64. The molecule has 0 spiro atoms. The second-order valence-corrected chi connectivity index (χ2v) is 4.14. The van der Waals surface area contributed by atoms with Gasteiger partial charge in [0.15, 0.2) is 0 Å². The first-order chi connectivity index (χ1) is 5.21. The zero-order valence-corrected chi connectivity index (χ0v) is 13.4. The second-order valence-electron chi connectivity index (χ2n) is 3.36. The Bertz CT molecular complexity index is 262. The van der Waals surface area contributed by atoms with E-state index in [1.54, 1.807) is 0 Å². The van der Waals surface area contributed by atoms with Gasteiger partial charge in [0.25, 0.3) is 0 Å². The van der Waals surface area contributed by atoms with E-state index < -0.39 is 0 Å². The average molecular weight is 249 g/mol. The molecule has 0 radical (unpaired) electrons. The van der Waals surface area contributed by atoms with Gasteiger partial charge in [-0.05, 0) is 6.92 Å². The third kappa shape index (κ3) is 2.45.